The van der Waals surface area contributed by atoms with Crippen LogP contribution >= 0.6 is 24.0 Å². The molecule has 2 rings (SSSR count). The number of guanidine groups is 1. The van der Waals surface area contributed by atoms with Gasteiger partial charge in [-0.15, -0.1) is 24.0 Å². The summed E-state index contributed by atoms with van der Waals surface area (Å²) >= 11 is 0. The van der Waals surface area contributed by atoms with Crippen molar-refractivity contribution in [2.24, 2.45) is 4.99 Å². The van der Waals surface area contributed by atoms with Gasteiger partial charge in [-0.3, -0.25) is 0 Å². The van der Waals surface area contributed by atoms with Gasteiger partial charge in [0.1, 0.15) is 5.75 Å². The van der Waals surface area contributed by atoms with Crippen LogP contribution in [0.2, 0.25) is 0 Å². The normalized spacial score (nSPS) is 11.7. The zero-order valence-corrected chi connectivity index (χ0v) is 17.9. The molecular formula is C17H23F3IN5O2. The van der Waals surface area contributed by atoms with Crippen LogP contribution in [0.15, 0.2) is 33.8 Å². The van der Waals surface area contributed by atoms with Gasteiger partial charge in [0.2, 0.25) is 5.89 Å². The van der Waals surface area contributed by atoms with E-state index in [0.717, 1.165) is 5.56 Å². The quantitative estimate of drug-likeness (QED) is 0.321. The molecule has 1 aromatic heterocycles. The van der Waals surface area contributed by atoms with Crippen LogP contribution in [0.1, 0.15) is 24.2 Å². The van der Waals surface area contributed by atoms with Crippen molar-refractivity contribution in [2.45, 2.75) is 33.0 Å². The number of benzene rings is 1. The Morgan fingerprint density at radius 3 is 2.50 bits per heavy atom. The molecule has 11 heteroatoms. The molecule has 0 atom stereocenters. The zero-order valence-electron chi connectivity index (χ0n) is 15.5. The van der Waals surface area contributed by atoms with Crippen molar-refractivity contribution in [1.82, 2.24) is 20.8 Å². The molecule has 0 amide bonds. The highest BCUT2D eigenvalue weighted by Gasteiger charge is 2.28. The molecule has 28 heavy (non-hydrogen) atoms. The lowest BCUT2D eigenvalue weighted by atomic mass is 10.2. The van der Waals surface area contributed by atoms with E-state index in [-0.39, 0.29) is 29.7 Å². The third kappa shape index (κ3) is 9.24. The first-order valence-corrected chi connectivity index (χ1v) is 8.45. The largest absolute Gasteiger partial charge is 0.484 e. The number of hydrogen-bond acceptors (Lipinski definition) is 5. The smallest absolute Gasteiger partial charge is 0.422 e. The molecule has 2 N–H and O–H groups in total. The summed E-state index contributed by atoms with van der Waals surface area (Å²) in [6.07, 6.45) is -3.79. The number of rotatable bonds is 8. The SMILES string of the molecule is CCNC(=NCc1ccc(OCC(F)(F)F)cc1)NCCc1nc(C)no1.I. The van der Waals surface area contributed by atoms with Gasteiger partial charge in [-0.1, -0.05) is 17.3 Å². The summed E-state index contributed by atoms with van der Waals surface area (Å²) in [5, 5.41) is 10.0. The molecule has 156 valence electrons. The van der Waals surface area contributed by atoms with Gasteiger partial charge < -0.3 is 19.9 Å². The number of alkyl halides is 3. The van der Waals surface area contributed by atoms with Crippen molar-refractivity contribution in [3.8, 4) is 5.75 Å². The molecule has 0 aliphatic rings. The van der Waals surface area contributed by atoms with Gasteiger partial charge in [-0.2, -0.15) is 18.2 Å². The van der Waals surface area contributed by atoms with E-state index in [1.165, 1.54) is 12.1 Å². The van der Waals surface area contributed by atoms with Gasteiger partial charge in [-0.25, -0.2) is 4.99 Å². The second kappa shape index (κ2) is 11.7. The lowest BCUT2D eigenvalue weighted by Crippen LogP contribution is -2.38. The number of hydrogen-bond donors (Lipinski definition) is 2. The second-order valence-corrected chi connectivity index (χ2v) is 5.66. The highest BCUT2D eigenvalue weighted by atomic mass is 127. The first-order chi connectivity index (χ1) is 12.9. The summed E-state index contributed by atoms with van der Waals surface area (Å²) in [6, 6.07) is 6.35. The maximum Gasteiger partial charge on any atom is 0.422 e. The summed E-state index contributed by atoms with van der Waals surface area (Å²) in [6.45, 7) is 4.03. The van der Waals surface area contributed by atoms with Gasteiger partial charge >= 0.3 is 6.18 Å². The average molecular weight is 513 g/mol. The Morgan fingerprint density at radius 2 is 1.93 bits per heavy atom. The van der Waals surface area contributed by atoms with Crippen molar-refractivity contribution in [1.29, 1.82) is 0 Å². The Bertz CT molecular complexity index is 735. The number of ether oxygens (including phenoxy) is 1. The fraction of sp³-hybridized carbons (Fsp3) is 0.471. The minimum Gasteiger partial charge on any atom is -0.484 e. The highest BCUT2D eigenvalue weighted by Crippen LogP contribution is 2.19. The van der Waals surface area contributed by atoms with E-state index in [1.807, 2.05) is 6.92 Å². The van der Waals surface area contributed by atoms with Crippen molar-refractivity contribution >= 4 is 29.9 Å². The van der Waals surface area contributed by atoms with Crippen LogP contribution in [-0.4, -0.2) is 42.0 Å². The van der Waals surface area contributed by atoms with Gasteiger partial charge in [0.25, 0.3) is 0 Å². The molecule has 0 spiro atoms. The summed E-state index contributed by atoms with van der Waals surface area (Å²) in [7, 11) is 0. The number of nitrogens with zero attached hydrogens (tertiary/aromatic N) is 3. The molecule has 0 bridgehead atoms. The van der Waals surface area contributed by atoms with E-state index < -0.39 is 12.8 Å². The standard InChI is InChI=1S/C17H22F3N5O2.HI/c1-3-21-16(22-9-8-15-24-12(2)25-27-15)23-10-13-4-6-14(7-5-13)26-11-17(18,19)20;/h4-7H,3,8-11H2,1-2H3,(H2,21,22,23);1H. The third-order valence-electron chi connectivity index (χ3n) is 3.29. The molecule has 2 aromatic rings. The van der Waals surface area contributed by atoms with E-state index in [4.69, 9.17) is 4.52 Å². The number of nitrogens with one attached hydrogen (secondary N) is 2. The van der Waals surface area contributed by atoms with Crippen molar-refractivity contribution in [3.05, 3.63) is 41.5 Å². The van der Waals surface area contributed by atoms with Gasteiger partial charge in [-0.05, 0) is 31.5 Å². The molecule has 0 fully saturated rings. The fourth-order valence-corrected chi connectivity index (χ4v) is 2.10. The molecular weight excluding hydrogens is 490 g/mol. The summed E-state index contributed by atoms with van der Waals surface area (Å²) in [4.78, 5) is 8.57. The molecule has 0 saturated heterocycles. The Kier molecular flexibility index (Phi) is 10.0. The molecule has 0 aliphatic heterocycles. The topological polar surface area (TPSA) is 84.6 Å². The zero-order chi connectivity index (χ0) is 19.7. The van der Waals surface area contributed by atoms with Gasteiger partial charge in [0.05, 0.1) is 6.54 Å². The molecule has 0 saturated carbocycles. The first-order valence-electron chi connectivity index (χ1n) is 8.45. The summed E-state index contributed by atoms with van der Waals surface area (Å²) in [5.41, 5.74) is 0.846. The van der Waals surface area contributed by atoms with Crippen molar-refractivity contribution in [3.63, 3.8) is 0 Å². The van der Waals surface area contributed by atoms with Crippen LogP contribution in [0.5, 0.6) is 5.75 Å². The number of halogens is 4. The lowest BCUT2D eigenvalue weighted by Gasteiger charge is -2.11. The number of aliphatic imine (C=N–C) groups is 1. The molecule has 0 unspecified atom stereocenters. The monoisotopic (exact) mass is 513 g/mol. The second-order valence-electron chi connectivity index (χ2n) is 5.66. The van der Waals surface area contributed by atoms with E-state index in [2.05, 4.69) is 30.5 Å². The average Bonchev–Trinajstić information content (AvgIpc) is 3.03. The van der Waals surface area contributed by atoms with Crippen LogP contribution in [-0.2, 0) is 13.0 Å². The first kappa shape index (κ1) is 24.0. The van der Waals surface area contributed by atoms with Gasteiger partial charge in [0, 0.05) is 19.5 Å². The maximum absolute atomic E-state index is 12.1. The van der Waals surface area contributed by atoms with Crippen molar-refractivity contribution in [2.75, 3.05) is 19.7 Å². The Morgan fingerprint density at radius 1 is 1.21 bits per heavy atom. The van der Waals surface area contributed by atoms with E-state index >= 15 is 0 Å². The third-order valence-corrected chi connectivity index (χ3v) is 3.29. The number of aryl methyl sites for hydroxylation is 1. The predicted octanol–water partition coefficient (Wildman–Crippen LogP) is 3.23. The van der Waals surface area contributed by atoms with E-state index in [0.29, 0.717) is 43.7 Å². The molecule has 1 aromatic carbocycles. The highest BCUT2D eigenvalue weighted by molar-refractivity contribution is 14.0. The van der Waals surface area contributed by atoms with Crippen LogP contribution in [0, 0.1) is 6.92 Å². The van der Waals surface area contributed by atoms with E-state index in [9.17, 15) is 13.2 Å². The van der Waals surface area contributed by atoms with Crippen LogP contribution in [0.25, 0.3) is 0 Å². The molecule has 0 radical (unpaired) electrons. The molecule has 0 aliphatic carbocycles. The Balaban J connectivity index is 0.00000392. The Labute approximate surface area is 178 Å². The maximum atomic E-state index is 12.1. The number of aromatic nitrogens is 2. The Hall–Kier alpha value is -2.05. The minimum absolute atomic E-state index is 0. The van der Waals surface area contributed by atoms with Gasteiger partial charge in [0.15, 0.2) is 18.4 Å². The van der Waals surface area contributed by atoms with Crippen LogP contribution in [0.4, 0.5) is 13.2 Å². The summed E-state index contributed by atoms with van der Waals surface area (Å²) in [5.74, 6) is 1.92. The van der Waals surface area contributed by atoms with Crippen molar-refractivity contribution < 1.29 is 22.4 Å². The van der Waals surface area contributed by atoms with Crippen LogP contribution in [0.3, 0.4) is 0 Å². The lowest BCUT2D eigenvalue weighted by molar-refractivity contribution is -0.153. The predicted molar refractivity (Wildman–Crippen MR) is 109 cm³/mol. The molecule has 7 nitrogen and oxygen atoms in total. The minimum atomic E-state index is -4.35. The molecule has 1 heterocycles. The summed E-state index contributed by atoms with van der Waals surface area (Å²) < 4.78 is 46.2. The van der Waals surface area contributed by atoms with E-state index in [1.54, 1.807) is 19.1 Å². The van der Waals surface area contributed by atoms with Crippen LogP contribution < -0.4 is 15.4 Å². The fourth-order valence-electron chi connectivity index (χ4n) is 2.10.